The van der Waals surface area contributed by atoms with E-state index in [0.29, 0.717) is 5.92 Å². The molecule has 2 unspecified atom stereocenters. The minimum absolute atomic E-state index is 0.605. The first-order valence-electron chi connectivity index (χ1n) is 8.42. The van der Waals surface area contributed by atoms with E-state index >= 15 is 0 Å². The zero-order chi connectivity index (χ0) is 14.4. The maximum Gasteiger partial charge on any atom is 0.191 e. The van der Waals surface area contributed by atoms with Crippen LogP contribution in [0.1, 0.15) is 46.0 Å². The minimum Gasteiger partial charge on any atom is -0.370 e. The fraction of sp³-hybridized carbons (Fsp3) is 0.938. The van der Waals surface area contributed by atoms with Crippen molar-refractivity contribution in [3.05, 3.63) is 0 Å². The average Bonchev–Trinajstić information content (AvgIpc) is 2.46. The van der Waals surface area contributed by atoms with Gasteiger partial charge in [-0.15, -0.1) is 0 Å². The summed E-state index contributed by atoms with van der Waals surface area (Å²) in [5.41, 5.74) is 6.15. The first kappa shape index (κ1) is 15.6. The Labute approximate surface area is 124 Å². The highest BCUT2D eigenvalue weighted by atomic mass is 15.3. The van der Waals surface area contributed by atoms with E-state index in [1.54, 1.807) is 0 Å². The fourth-order valence-corrected chi connectivity index (χ4v) is 3.39. The summed E-state index contributed by atoms with van der Waals surface area (Å²) >= 11 is 0. The van der Waals surface area contributed by atoms with Gasteiger partial charge in [0.05, 0.1) is 0 Å². The highest BCUT2D eigenvalue weighted by Crippen LogP contribution is 2.15. The molecule has 0 aromatic carbocycles. The Morgan fingerprint density at radius 1 is 1.20 bits per heavy atom. The molecule has 2 saturated heterocycles. The summed E-state index contributed by atoms with van der Waals surface area (Å²) < 4.78 is 0. The van der Waals surface area contributed by atoms with Crippen LogP contribution in [0.15, 0.2) is 4.99 Å². The van der Waals surface area contributed by atoms with Crippen molar-refractivity contribution in [3.8, 4) is 0 Å². The number of nitrogens with two attached hydrogens (primary N) is 1. The van der Waals surface area contributed by atoms with Crippen molar-refractivity contribution in [1.29, 1.82) is 0 Å². The van der Waals surface area contributed by atoms with Crippen LogP contribution in [0.3, 0.4) is 0 Å². The summed E-state index contributed by atoms with van der Waals surface area (Å²) in [4.78, 5) is 9.49. The van der Waals surface area contributed by atoms with Gasteiger partial charge in [-0.1, -0.05) is 20.3 Å². The molecule has 4 heteroatoms. The minimum atomic E-state index is 0.605. The third-order valence-corrected chi connectivity index (χ3v) is 4.56. The van der Waals surface area contributed by atoms with E-state index in [2.05, 4.69) is 28.6 Å². The second-order valence-corrected chi connectivity index (χ2v) is 6.86. The van der Waals surface area contributed by atoms with Crippen molar-refractivity contribution in [3.63, 3.8) is 0 Å². The predicted molar refractivity (Wildman–Crippen MR) is 85.9 cm³/mol. The highest BCUT2D eigenvalue weighted by Gasteiger charge is 2.18. The van der Waals surface area contributed by atoms with Gasteiger partial charge >= 0.3 is 0 Å². The largest absolute Gasteiger partial charge is 0.370 e. The molecule has 2 aliphatic heterocycles. The van der Waals surface area contributed by atoms with Crippen LogP contribution < -0.4 is 5.73 Å². The van der Waals surface area contributed by atoms with Crippen LogP contribution in [-0.2, 0) is 0 Å². The van der Waals surface area contributed by atoms with Crippen molar-refractivity contribution in [1.82, 2.24) is 9.80 Å². The maximum absolute atomic E-state index is 6.15. The van der Waals surface area contributed by atoms with E-state index in [9.17, 15) is 0 Å². The molecule has 2 fully saturated rings. The highest BCUT2D eigenvalue weighted by molar-refractivity contribution is 5.78. The van der Waals surface area contributed by atoms with Crippen LogP contribution in [0, 0.1) is 11.8 Å². The number of likely N-dealkylation sites (tertiary alicyclic amines) is 2. The van der Waals surface area contributed by atoms with Crippen LogP contribution in [0.2, 0.25) is 0 Å². The van der Waals surface area contributed by atoms with Crippen LogP contribution >= 0.6 is 0 Å². The number of hydrogen-bond donors (Lipinski definition) is 1. The lowest BCUT2D eigenvalue weighted by atomic mass is 10.0. The molecule has 116 valence electrons. The van der Waals surface area contributed by atoms with Gasteiger partial charge in [-0.3, -0.25) is 4.99 Å². The Bertz CT molecular complexity index is 310. The van der Waals surface area contributed by atoms with E-state index in [1.165, 1.54) is 51.7 Å². The van der Waals surface area contributed by atoms with Gasteiger partial charge in [0.25, 0.3) is 0 Å². The molecule has 2 rings (SSSR count). The Balaban J connectivity index is 1.72. The van der Waals surface area contributed by atoms with Crippen LogP contribution in [0.25, 0.3) is 0 Å². The molecule has 2 N–H and O–H groups in total. The van der Waals surface area contributed by atoms with Crippen molar-refractivity contribution in [2.75, 3.05) is 39.3 Å². The Kier molecular flexibility index (Phi) is 6.14. The number of piperidine rings is 2. The van der Waals surface area contributed by atoms with Crippen molar-refractivity contribution in [2.45, 2.75) is 46.0 Å². The molecule has 0 spiro atoms. The van der Waals surface area contributed by atoms with Crippen LogP contribution in [0.5, 0.6) is 0 Å². The van der Waals surface area contributed by atoms with Gasteiger partial charge in [0, 0.05) is 26.2 Å². The molecule has 4 nitrogen and oxygen atoms in total. The Morgan fingerprint density at radius 2 is 1.95 bits per heavy atom. The predicted octanol–water partition coefficient (Wildman–Crippen LogP) is 2.16. The molecule has 0 radical (unpaired) electrons. The van der Waals surface area contributed by atoms with Crippen LogP contribution in [-0.4, -0.2) is 55.0 Å². The fourth-order valence-electron chi connectivity index (χ4n) is 3.39. The van der Waals surface area contributed by atoms with E-state index in [-0.39, 0.29) is 0 Å². The molecule has 2 heterocycles. The first-order chi connectivity index (χ1) is 9.65. The van der Waals surface area contributed by atoms with Crippen molar-refractivity contribution < 1.29 is 0 Å². The summed E-state index contributed by atoms with van der Waals surface area (Å²) in [5.74, 6) is 2.12. The molecule has 0 amide bonds. The summed E-state index contributed by atoms with van der Waals surface area (Å²) in [7, 11) is 0. The second kappa shape index (κ2) is 7.87. The molecular weight excluding hydrogens is 248 g/mol. The lowest BCUT2D eigenvalue weighted by molar-refractivity contribution is 0.202. The molecular formula is C16H32N4. The third-order valence-electron chi connectivity index (χ3n) is 4.56. The number of aliphatic imine (C=N–C) groups is 1. The van der Waals surface area contributed by atoms with Crippen molar-refractivity contribution >= 4 is 5.96 Å². The normalized spacial score (nSPS) is 27.6. The number of nitrogens with zero attached hydrogens (tertiary/aromatic N) is 3. The van der Waals surface area contributed by atoms with E-state index in [0.717, 1.165) is 31.5 Å². The quantitative estimate of drug-likeness (QED) is 0.634. The number of rotatable bonds is 4. The first-order valence-corrected chi connectivity index (χ1v) is 8.42. The van der Waals surface area contributed by atoms with Gasteiger partial charge in [0.1, 0.15) is 0 Å². The Hall–Kier alpha value is -0.770. The molecule has 0 aromatic heterocycles. The molecule has 0 aliphatic carbocycles. The smallest absolute Gasteiger partial charge is 0.191 e. The molecule has 0 aromatic rings. The molecule has 0 bridgehead atoms. The lowest BCUT2D eigenvalue weighted by Crippen LogP contribution is -2.44. The second-order valence-electron chi connectivity index (χ2n) is 6.86. The van der Waals surface area contributed by atoms with E-state index in [1.807, 2.05) is 0 Å². The molecule has 0 saturated carbocycles. The van der Waals surface area contributed by atoms with Gasteiger partial charge in [-0.2, -0.15) is 0 Å². The molecule has 20 heavy (non-hydrogen) atoms. The van der Waals surface area contributed by atoms with Crippen LogP contribution in [0.4, 0.5) is 0 Å². The topological polar surface area (TPSA) is 44.9 Å². The van der Waals surface area contributed by atoms with E-state index < -0.39 is 0 Å². The SMILES string of the molecule is CC(CN=C(N)N1CCCC(C)C1)CN1CCCCC1. The number of hydrogen-bond acceptors (Lipinski definition) is 2. The van der Waals surface area contributed by atoms with Crippen molar-refractivity contribution in [2.24, 2.45) is 22.6 Å². The average molecular weight is 280 g/mol. The summed E-state index contributed by atoms with van der Waals surface area (Å²) in [6.07, 6.45) is 6.71. The number of guanidine groups is 1. The zero-order valence-electron chi connectivity index (χ0n) is 13.4. The lowest BCUT2D eigenvalue weighted by Gasteiger charge is -2.32. The molecule has 2 aliphatic rings. The Morgan fingerprint density at radius 3 is 2.65 bits per heavy atom. The van der Waals surface area contributed by atoms with Gasteiger partial charge < -0.3 is 15.5 Å². The molecule has 2 atom stereocenters. The monoisotopic (exact) mass is 280 g/mol. The van der Waals surface area contributed by atoms with E-state index in [4.69, 9.17) is 5.73 Å². The standard InChI is InChI=1S/C16H32N4/c1-14-7-6-10-20(13-14)16(17)18-11-15(2)12-19-8-4-3-5-9-19/h14-15H,3-13H2,1-2H3,(H2,17,18). The van der Waals surface area contributed by atoms with Gasteiger partial charge in [-0.05, 0) is 50.6 Å². The summed E-state index contributed by atoms with van der Waals surface area (Å²) in [6, 6.07) is 0. The van der Waals surface area contributed by atoms with Gasteiger partial charge in [0.2, 0.25) is 0 Å². The zero-order valence-corrected chi connectivity index (χ0v) is 13.4. The summed E-state index contributed by atoms with van der Waals surface area (Å²) in [5, 5.41) is 0. The third kappa shape index (κ3) is 4.97. The maximum atomic E-state index is 6.15. The summed E-state index contributed by atoms with van der Waals surface area (Å²) in [6.45, 7) is 11.3. The van der Waals surface area contributed by atoms with Gasteiger partial charge in [0.15, 0.2) is 5.96 Å². The van der Waals surface area contributed by atoms with Gasteiger partial charge in [-0.25, -0.2) is 0 Å².